The van der Waals surface area contributed by atoms with Crippen LogP contribution in [0, 0.1) is 0 Å². The van der Waals surface area contributed by atoms with Crippen molar-refractivity contribution >= 4 is 23.2 Å². The van der Waals surface area contributed by atoms with Crippen LogP contribution in [0.25, 0.3) is 0 Å². The van der Waals surface area contributed by atoms with E-state index in [0.717, 1.165) is 5.56 Å². The predicted octanol–water partition coefficient (Wildman–Crippen LogP) is 3.60. The quantitative estimate of drug-likeness (QED) is 0.785. The molecule has 0 saturated carbocycles. The van der Waals surface area contributed by atoms with E-state index in [0.29, 0.717) is 22.4 Å². The lowest BCUT2D eigenvalue weighted by Crippen LogP contribution is -1.89. The largest absolute Gasteiger partial charge is 0.454 e. The fourth-order valence-electron chi connectivity index (χ4n) is 1.31. The van der Waals surface area contributed by atoms with Gasteiger partial charge >= 0.3 is 0 Å². The van der Waals surface area contributed by atoms with E-state index in [-0.39, 0.29) is 0 Å². The van der Waals surface area contributed by atoms with E-state index in [9.17, 15) is 0 Å². The third-order valence-corrected chi connectivity index (χ3v) is 2.61. The lowest BCUT2D eigenvalue weighted by atomic mass is 10.2. The molecule has 1 aromatic heterocycles. The van der Waals surface area contributed by atoms with Crippen molar-refractivity contribution in [3.63, 3.8) is 0 Å². The van der Waals surface area contributed by atoms with Crippen molar-refractivity contribution in [3.05, 3.63) is 41.2 Å². The monoisotopic (exact) mass is 256 g/mol. The second kappa shape index (κ2) is 4.76. The summed E-state index contributed by atoms with van der Waals surface area (Å²) in [5, 5.41) is 4.63. The summed E-state index contributed by atoms with van der Waals surface area (Å²) in [6, 6.07) is 5.38. The predicted molar refractivity (Wildman–Crippen MR) is 64.3 cm³/mol. The molecular weight excluding hydrogens is 247 g/mol. The third kappa shape index (κ3) is 2.49. The Hall–Kier alpha value is -1.19. The van der Waals surface area contributed by atoms with Gasteiger partial charge in [-0.1, -0.05) is 17.7 Å². The first-order valence-corrected chi connectivity index (χ1v) is 5.61. The van der Waals surface area contributed by atoms with Gasteiger partial charge in [0.25, 0.3) is 0 Å². The molecule has 0 aliphatic carbocycles. The highest BCUT2D eigenvalue weighted by molar-refractivity contribution is 6.30. The summed E-state index contributed by atoms with van der Waals surface area (Å²) < 4.78 is 7.32. The molecule has 5 heteroatoms. The van der Waals surface area contributed by atoms with Crippen molar-refractivity contribution in [2.45, 2.75) is 5.88 Å². The minimum atomic E-state index is 0.382. The van der Waals surface area contributed by atoms with Crippen LogP contribution in [-0.2, 0) is 12.9 Å². The number of hydrogen-bond acceptors (Lipinski definition) is 2. The lowest BCUT2D eigenvalue weighted by molar-refractivity contribution is 0.478. The first-order valence-electron chi connectivity index (χ1n) is 4.70. The van der Waals surface area contributed by atoms with Gasteiger partial charge in [-0.05, 0) is 12.1 Å². The minimum absolute atomic E-state index is 0.382. The van der Waals surface area contributed by atoms with Crippen LogP contribution in [0.3, 0.4) is 0 Å². The first kappa shape index (κ1) is 11.3. The van der Waals surface area contributed by atoms with Gasteiger partial charge in [0.15, 0.2) is 5.75 Å². The van der Waals surface area contributed by atoms with Gasteiger partial charge < -0.3 is 4.74 Å². The molecule has 0 bridgehead atoms. The molecular formula is C11H10Cl2N2O. The molecule has 3 nitrogen and oxygen atoms in total. The molecule has 0 fully saturated rings. The van der Waals surface area contributed by atoms with Crippen molar-refractivity contribution in [2.24, 2.45) is 7.05 Å². The van der Waals surface area contributed by atoms with Crippen LogP contribution >= 0.6 is 23.2 Å². The Morgan fingerprint density at radius 1 is 1.44 bits per heavy atom. The molecule has 0 N–H and O–H groups in total. The number of nitrogens with zero attached hydrogens (tertiary/aromatic N) is 2. The average Bonchev–Trinajstić information content (AvgIpc) is 2.64. The number of hydrogen-bond donors (Lipinski definition) is 0. The number of aryl methyl sites for hydroxylation is 1. The number of benzene rings is 1. The maximum Gasteiger partial charge on any atom is 0.165 e. The normalized spacial score (nSPS) is 10.4. The standard InChI is InChI=1S/C11H10Cl2N2O/c1-15-7-10(6-14-15)16-11-4-9(13)3-2-8(11)5-12/h2-4,6-7H,5H2,1H3. The third-order valence-electron chi connectivity index (χ3n) is 2.08. The molecule has 0 aliphatic rings. The maximum atomic E-state index is 5.90. The molecule has 0 amide bonds. The van der Waals surface area contributed by atoms with Gasteiger partial charge in [-0.2, -0.15) is 5.10 Å². The van der Waals surface area contributed by atoms with E-state index in [4.69, 9.17) is 27.9 Å². The van der Waals surface area contributed by atoms with Crippen molar-refractivity contribution < 1.29 is 4.74 Å². The van der Waals surface area contributed by atoms with E-state index >= 15 is 0 Å². The molecule has 0 aliphatic heterocycles. The molecule has 1 heterocycles. The molecule has 2 rings (SSSR count). The Morgan fingerprint density at radius 2 is 2.25 bits per heavy atom. The first-order chi connectivity index (χ1) is 7.69. The SMILES string of the molecule is Cn1cc(Oc2cc(Cl)ccc2CCl)cn1. The highest BCUT2D eigenvalue weighted by Gasteiger charge is 2.06. The zero-order valence-electron chi connectivity index (χ0n) is 8.65. The maximum absolute atomic E-state index is 5.90. The molecule has 84 valence electrons. The van der Waals surface area contributed by atoms with E-state index in [1.807, 2.05) is 13.1 Å². The fourth-order valence-corrected chi connectivity index (χ4v) is 1.70. The fraction of sp³-hybridized carbons (Fsp3) is 0.182. The zero-order chi connectivity index (χ0) is 11.5. The molecule has 0 radical (unpaired) electrons. The van der Waals surface area contributed by atoms with Crippen molar-refractivity contribution in [3.8, 4) is 11.5 Å². The van der Waals surface area contributed by atoms with Gasteiger partial charge in [0, 0.05) is 17.6 Å². The summed E-state index contributed by atoms with van der Waals surface area (Å²) in [7, 11) is 1.83. The Labute approximate surface area is 104 Å². The van der Waals surface area contributed by atoms with Crippen LogP contribution in [0.15, 0.2) is 30.6 Å². The molecule has 2 aromatic rings. The van der Waals surface area contributed by atoms with Crippen molar-refractivity contribution in [1.82, 2.24) is 9.78 Å². The van der Waals surface area contributed by atoms with Crippen LogP contribution < -0.4 is 4.74 Å². The Bertz CT molecular complexity index is 496. The highest BCUT2D eigenvalue weighted by atomic mass is 35.5. The van der Waals surface area contributed by atoms with Gasteiger partial charge in [0.2, 0.25) is 0 Å². The summed E-state index contributed by atoms with van der Waals surface area (Å²) in [5.41, 5.74) is 0.898. The molecule has 0 unspecified atom stereocenters. The molecule has 16 heavy (non-hydrogen) atoms. The van der Waals surface area contributed by atoms with Crippen LogP contribution in [-0.4, -0.2) is 9.78 Å². The van der Waals surface area contributed by atoms with Crippen LogP contribution in [0.1, 0.15) is 5.56 Å². The summed E-state index contributed by atoms with van der Waals surface area (Å²) >= 11 is 11.7. The molecule has 0 atom stereocenters. The van der Waals surface area contributed by atoms with Crippen molar-refractivity contribution in [1.29, 1.82) is 0 Å². The van der Waals surface area contributed by atoms with Gasteiger partial charge in [-0.3, -0.25) is 4.68 Å². The summed E-state index contributed by atoms with van der Waals surface area (Å²) in [4.78, 5) is 0. The van der Waals surface area contributed by atoms with Crippen LogP contribution in [0.4, 0.5) is 0 Å². The molecule has 0 saturated heterocycles. The molecule has 0 spiro atoms. The van der Waals surface area contributed by atoms with E-state index in [1.54, 1.807) is 29.2 Å². The summed E-state index contributed by atoms with van der Waals surface area (Å²) in [6.07, 6.45) is 3.41. The minimum Gasteiger partial charge on any atom is -0.454 e. The highest BCUT2D eigenvalue weighted by Crippen LogP contribution is 2.29. The van der Waals surface area contributed by atoms with Crippen LogP contribution in [0.5, 0.6) is 11.5 Å². The molecule has 1 aromatic carbocycles. The lowest BCUT2D eigenvalue weighted by Gasteiger charge is -2.07. The van der Waals surface area contributed by atoms with E-state index < -0.39 is 0 Å². The second-order valence-electron chi connectivity index (χ2n) is 3.34. The number of halogens is 2. The van der Waals surface area contributed by atoms with Gasteiger partial charge in [-0.15, -0.1) is 11.6 Å². The summed E-state index contributed by atoms with van der Waals surface area (Å²) in [6.45, 7) is 0. The Balaban J connectivity index is 2.29. The van der Waals surface area contributed by atoms with Crippen LogP contribution in [0.2, 0.25) is 5.02 Å². The number of alkyl halides is 1. The van der Waals surface area contributed by atoms with Gasteiger partial charge in [0.1, 0.15) is 5.75 Å². The van der Waals surface area contributed by atoms with E-state index in [2.05, 4.69) is 5.10 Å². The Kier molecular flexibility index (Phi) is 3.36. The average molecular weight is 257 g/mol. The smallest absolute Gasteiger partial charge is 0.165 e. The van der Waals surface area contributed by atoms with Crippen molar-refractivity contribution in [2.75, 3.05) is 0 Å². The number of ether oxygens (including phenoxy) is 1. The number of rotatable bonds is 3. The Morgan fingerprint density at radius 3 is 2.88 bits per heavy atom. The number of aromatic nitrogens is 2. The second-order valence-corrected chi connectivity index (χ2v) is 4.04. The van der Waals surface area contributed by atoms with E-state index in [1.165, 1.54) is 0 Å². The topological polar surface area (TPSA) is 27.1 Å². The zero-order valence-corrected chi connectivity index (χ0v) is 10.2. The summed E-state index contributed by atoms with van der Waals surface area (Å²) in [5.74, 6) is 1.71. The van der Waals surface area contributed by atoms with Gasteiger partial charge in [0.05, 0.1) is 18.3 Å². The van der Waals surface area contributed by atoms with Gasteiger partial charge in [-0.25, -0.2) is 0 Å².